The van der Waals surface area contributed by atoms with Gasteiger partial charge in [0.25, 0.3) is 0 Å². The molecule has 0 bridgehead atoms. The van der Waals surface area contributed by atoms with Crippen LogP contribution in [0.25, 0.3) is 0 Å². The van der Waals surface area contributed by atoms with E-state index in [0.29, 0.717) is 0 Å². The van der Waals surface area contributed by atoms with Gasteiger partial charge in [0.05, 0.1) is 0 Å². The first-order chi connectivity index (χ1) is 6.80. The monoisotopic (exact) mass is 275 g/mol. The van der Waals surface area contributed by atoms with Gasteiger partial charge in [0.2, 0.25) is 0 Å². The molecule has 0 spiro atoms. The summed E-state index contributed by atoms with van der Waals surface area (Å²) < 4.78 is 28.4. The third-order valence-electron chi connectivity index (χ3n) is 1.61. The van der Waals surface area contributed by atoms with Crippen LogP contribution in [0, 0.1) is 0 Å². The van der Waals surface area contributed by atoms with Gasteiger partial charge < -0.3 is 0 Å². The summed E-state index contributed by atoms with van der Waals surface area (Å²) >= 11 is -5.15. The van der Waals surface area contributed by atoms with E-state index >= 15 is 0 Å². The minimum atomic E-state index is -5.15. The SMILES string of the molecule is CC(=O)Nc1ccc(O)c([As](=O)(O)O)c1. The maximum atomic E-state index is 11.0. The molecule has 15 heavy (non-hydrogen) atoms. The van der Waals surface area contributed by atoms with Crippen LogP contribution in [0.15, 0.2) is 18.2 Å². The van der Waals surface area contributed by atoms with Crippen molar-refractivity contribution in [1.29, 1.82) is 0 Å². The Morgan fingerprint density at radius 1 is 1.40 bits per heavy atom. The summed E-state index contributed by atoms with van der Waals surface area (Å²) in [6.45, 7) is 1.27. The van der Waals surface area contributed by atoms with Crippen LogP contribution in [0.5, 0.6) is 5.75 Å². The Morgan fingerprint density at radius 3 is 2.47 bits per heavy atom. The van der Waals surface area contributed by atoms with Crippen molar-refractivity contribution >= 4 is 30.1 Å². The minimum absolute atomic E-state index is 0.236. The summed E-state index contributed by atoms with van der Waals surface area (Å²) in [6, 6.07) is 3.55. The summed E-state index contributed by atoms with van der Waals surface area (Å²) in [6.07, 6.45) is 0. The zero-order valence-electron chi connectivity index (χ0n) is 7.84. The van der Waals surface area contributed by atoms with Crippen molar-refractivity contribution in [3.05, 3.63) is 18.2 Å². The molecule has 1 aromatic carbocycles. The predicted molar refractivity (Wildman–Crippen MR) is 52.9 cm³/mol. The molecule has 0 aliphatic heterocycles. The van der Waals surface area contributed by atoms with E-state index in [9.17, 15) is 13.6 Å². The molecule has 0 aliphatic carbocycles. The Kier molecular flexibility index (Phi) is 3.24. The molecule has 1 aromatic rings. The van der Waals surface area contributed by atoms with E-state index in [1.54, 1.807) is 0 Å². The molecule has 0 heterocycles. The molecule has 82 valence electrons. The fourth-order valence-corrected chi connectivity index (χ4v) is 2.46. The van der Waals surface area contributed by atoms with Gasteiger partial charge in [-0.15, -0.1) is 0 Å². The second-order valence-corrected chi connectivity index (χ2v) is 6.22. The molecular formula is C8H10AsNO5. The van der Waals surface area contributed by atoms with Crippen LogP contribution >= 0.6 is 0 Å². The van der Waals surface area contributed by atoms with E-state index in [0.717, 1.165) is 12.1 Å². The summed E-state index contributed by atoms with van der Waals surface area (Å²) in [5, 5.41) is 11.6. The molecule has 0 aliphatic rings. The molecule has 0 unspecified atom stereocenters. The first kappa shape index (κ1) is 11.8. The standard InChI is InChI=1S/C8H10AsNO5/c1-5(11)10-6-2-3-8(12)7(4-6)9(13,14)15/h2-4,12H,1H3,(H,10,11)(H2,13,14,15). The molecule has 1 amide bonds. The second-order valence-electron chi connectivity index (χ2n) is 2.93. The molecule has 4 N–H and O–H groups in total. The molecule has 0 atom stereocenters. The number of hydrogen-bond donors (Lipinski definition) is 4. The molecule has 0 fully saturated rings. The second kappa shape index (κ2) is 4.10. The summed E-state index contributed by atoms with van der Waals surface area (Å²) in [7, 11) is 0. The quantitative estimate of drug-likeness (QED) is 0.405. The van der Waals surface area contributed by atoms with Gasteiger partial charge in [-0.05, 0) is 0 Å². The third-order valence-corrected chi connectivity index (χ3v) is 3.68. The van der Waals surface area contributed by atoms with E-state index in [1.807, 2.05) is 0 Å². The first-order valence-electron chi connectivity index (χ1n) is 3.97. The average Bonchev–Trinajstić information content (AvgIpc) is 2.05. The summed E-state index contributed by atoms with van der Waals surface area (Å²) in [4.78, 5) is 10.7. The van der Waals surface area contributed by atoms with Crippen molar-refractivity contribution in [3.8, 4) is 5.75 Å². The number of carbonyl (C=O) groups excluding carboxylic acids is 1. The first-order valence-corrected chi connectivity index (χ1v) is 7.35. The molecule has 0 saturated carbocycles. The van der Waals surface area contributed by atoms with Crippen molar-refractivity contribution in [3.63, 3.8) is 0 Å². The number of anilines is 1. The maximum absolute atomic E-state index is 11.0. The van der Waals surface area contributed by atoms with Gasteiger partial charge in [0, 0.05) is 0 Å². The Hall–Kier alpha value is -1.23. The van der Waals surface area contributed by atoms with Crippen molar-refractivity contribution in [2.75, 3.05) is 5.32 Å². The van der Waals surface area contributed by atoms with E-state index in [4.69, 9.17) is 8.19 Å². The molecule has 1 rings (SSSR count). The number of nitrogens with one attached hydrogen (secondary N) is 1. The van der Waals surface area contributed by atoms with Crippen molar-refractivity contribution in [1.82, 2.24) is 0 Å². The Labute approximate surface area is 88.6 Å². The van der Waals surface area contributed by atoms with E-state index < -0.39 is 24.3 Å². The zero-order valence-corrected chi connectivity index (χ0v) is 9.71. The zero-order chi connectivity index (χ0) is 11.6. The Balaban J connectivity index is 3.17. The van der Waals surface area contributed by atoms with Gasteiger partial charge in [-0.1, -0.05) is 0 Å². The van der Waals surface area contributed by atoms with Crippen LogP contribution in [0.2, 0.25) is 0 Å². The topological polar surface area (TPSA) is 107 Å². The third kappa shape index (κ3) is 3.12. The molecule has 0 radical (unpaired) electrons. The Bertz CT molecular complexity index is 439. The summed E-state index contributed by atoms with van der Waals surface area (Å²) in [5.74, 6) is -0.832. The van der Waals surface area contributed by atoms with E-state index in [-0.39, 0.29) is 11.6 Å². The number of amides is 1. The number of aromatic hydroxyl groups is 1. The predicted octanol–water partition coefficient (Wildman–Crippen LogP) is -1.09. The van der Waals surface area contributed by atoms with Gasteiger partial charge in [-0.25, -0.2) is 0 Å². The molecule has 6 nitrogen and oxygen atoms in total. The van der Waals surface area contributed by atoms with Gasteiger partial charge in [-0.3, -0.25) is 0 Å². The van der Waals surface area contributed by atoms with Crippen molar-refractivity contribution in [2.45, 2.75) is 6.92 Å². The summed E-state index contributed by atoms with van der Waals surface area (Å²) in [5.41, 5.74) is 0.236. The van der Waals surface area contributed by atoms with Crippen LogP contribution in [0.3, 0.4) is 0 Å². The van der Waals surface area contributed by atoms with Crippen LogP contribution in [0.1, 0.15) is 6.92 Å². The van der Waals surface area contributed by atoms with Crippen molar-refractivity contribution < 1.29 is 21.8 Å². The van der Waals surface area contributed by atoms with Gasteiger partial charge in [0.1, 0.15) is 0 Å². The van der Waals surface area contributed by atoms with Crippen LogP contribution in [0.4, 0.5) is 5.69 Å². The average molecular weight is 275 g/mol. The van der Waals surface area contributed by atoms with Gasteiger partial charge in [-0.2, -0.15) is 0 Å². The number of hydrogen-bond acceptors (Lipinski definition) is 3. The fourth-order valence-electron chi connectivity index (χ4n) is 1.04. The number of carbonyl (C=O) groups is 1. The van der Waals surface area contributed by atoms with E-state index in [2.05, 4.69) is 5.32 Å². The molecule has 0 aromatic heterocycles. The fraction of sp³-hybridized carbons (Fsp3) is 0.125. The number of benzene rings is 1. The van der Waals surface area contributed by atoms with Crippen LogP contribution in [-0.4, -0.2) is 33.4 Å². The molecular weight excluding hydrogens is 265 g/mol. The van der Waals surface area contributed by atoms with Gasteiger partial charge >= 0.3 is 88.1 Å². The van der Waals surface area contributed by atoms with E-state index in [1.165, 1.54) is 13.0 Å². The number of phenolic OH excluding ortho intramolecular Hbond substituents is 1. The Morgan fingerprint density at radius 2 is 2.00 bits per heavy atom. The number of rotatable bonds is 2. The normalized spacial score (nSPS) is 11.1. The molecule has 0 saturated heterocycles. The molecule has 7 heteroatoms. The van der Waals surface area contributed by atoms with Gasteiger partial charge in [0.15, 0.2) is 0 Å². The van der Waals surface area contributed by atoms with Crippen LogP contribution in [-0.2, 0) is 8.53 Å². The van der Waals surface area contributed by atoms with Crippen molar-refractivity contribution in [2.24, 2.45) is 0 Å². The number of phenols is 1. The van der Waals surface area contributed by atoms with Crippen LogP contribution < -0.4 is 9.67 Å².